The van der Waals surface area contributed by atoms with Crippen molar-refractivity contribution in [1.29, 1.82) is 0 Å². The van der Waals surface area contributed by atoms with E-state index < -0.39 is 6.10 Å². The van der Waals surface area contributed by atoms with Crippen LogP contribution in [0.3, 0.4) is 0 Å². The van der Waals surface area contributed by atoms with Gasteiger partial charge in [-0.2, -0.15) is 0 Å². The summed E-state index contributed by atoms with van der Waals surface area (Å²) in [5, 5.41) is 21.6. The second-order valence-corrected chi connectivity index (χ2v) is 8.49. The van der Waals surface area contributed by atoms with Crippen LogP contribution in [0.15, 0.2) is 133 Å². The SMILES string of the molecule is OC1=CC=C(CC(O)c2ccccc2-c2ccccc2)N(c2cccc(-c3ccccc3)c2)C1. The van der Waals surface area contributed by atoms with E-state index in [0.29, 0.717) is 18.7 Å². The number of hydrogen-bond donors (Lipinski definition) is 2. The Kier molecular flexibility index (Phi) is 6.28. The highest BCUT2D eigenvalue weighted by Crippen LogP contribution is 2.35. The van der Waals surface area contributed by atoms with Crippen LogP contribution in [-0.4, -0.2) is 16.8 Å². The Labute approximate surface area is 200 Å². The average molecular weight is 446 g/mol. The van der Waals surface area contributed by atoms with Crippen molar-refractivity contribution >= 4 is 5.69 Å². The highest BCUT2D eigenvalue weighted by Gasteiger charge is 2.22. The number of aliphatic hydroxyl groups is 2. The van der Waals surface area contributed by atoms with Gasteiger partial charge in [0.25, 0.3) is 0 Å². The van der Waals surface area contributed by atoms with E-state index in [1.807, 2.05) is 72.8 Å². The Morgan fingerprint density at radius 3 is 2.09 bits per heavy atom. The molecule has 1 aliphatic heterocycles. The molecule has 0 saturated carbocycles. The summed E-state index contributed by atoms with van der Waals surface area (Å²) in [5.41, 5.74) is 7.20. The van der Waals surface area contributed by atoms with Crippen LogP contribution in [-0.2, 0) is 0 Å². The molecule has 0 spiro atoms. The van der Waals surface area contributed by atoms with E-state index in [2.05, 4.69) is 47.4 Å². The maximum atomic E-state index is 11.3. The van der Waals surface area contributed by atoms with Crippen molar-refractivity contribution in [3.63, 3.8) is 0 Å². The highest BCUT2D eigenvalue weighted by atomic mass is 16.3. The first-order valence-corrected chi connectivity index (χ1v) is 11.5. The molecule has 0 amide bonds. The second kappa shape index (κ2) is 9.82. The average Bonchev–Trinajstić information content (AvgIpc) is 2.91. The molecule has 0 aliphatic carbocycles. The van der Waals surface area contributed by atoms with Crippen molar-refractivity contribution in [2.45, 2.75) is 12.5 Å². The fraction of sp³-hybridized carbons (Fsp3) is 0.0968. The van der Waals surface area contributed by atoms with Crippen LogP contribution in [0.1, 0.15) is 18.1 Å². The molecule has 0 aromatic heterocycles. The summed E-state index contributed by atoms with van der Waals surface area (Å²) in [6, 6.07) is 36.7. The van der Waals surface area contributed by atoms with Gasteiger partial charge in [0, 0.05) is 17.8 Å². The lowest BCUT2D eigenvalue weighted by Gasteiger charge is -2.31. The molecule has 0 bridgehead atoms. The van der Waals surface area contributed by atoms with Crippen molar-refractivity contribution < 1.29 is 10.2 Å². The van der Waals surface area contributed by atoms with Gasteiger partial charge in [0.15, 0.2) is 0 Å². The molecule has 34 heavy (non-hydrogen) atoms. The summed E-state index contributed by atoms with van der Waals surface area (Å²) in [7, 11) is 0. The quantitative estimate of drug-likeness (QED) is 0.327. The molecule has 1 heterocycles. The fourth-order valence-electron chi connectivity index (χ4n) is 4.49. The van der Waals surface area contributed by atoms with E-state index in [4.69, 9.17) is 0 Å². The van der Waals surface area contributed by atoms with E-state index in [-0.39, 0.29) is 0 Å². The third-order valence-corrected chi connectivity index (χ3v) is 6.21. The van der Waals surface area contributed by atoms with E-state index in [0.717, 1.165) is 39.2 Å². The summed E-state index contributed by atoms with van der Waals surface area (Å²) in [5.74, 6) is 0.299. The van der Waals surface area contributed by atoms with Gasteiger partial charge in [0.1, 0.15) is 5.76 Å². The Balaban J connectivity index is 1.45. The number of nitrogens with zero attached hydrogens (tertiary/aromatic N) is 1. The first-order valence-electron chi connectivity index (χ1n) is 11.5. The Hall–Kier alpha value is -4.08. The molecule has 1 aliphatic rings. The standard InChI is InChI=1S/C31H27NO2/c33-28-19-18-27(21-31(34)30-17-8-7-16-29(30)24-12-5-2-6-13-24)32(22-28)26-15-9-14-25(20-26)23-10-3-1-4-11-23/h1-20,31,33-34H,21-22H2. The lowest BCUT2D eigenvalue weighted by Crippen LogP contribution is -2.28. The molecular formula is C31H27NO2. The molecule has 3 nitrogen and oxygen atoms in total. The van der Waals surface area contributed by atoms with Gasteiger partial charge in [0.05, 0.1) is 12.6 Å². The zero-order valence-corrected chi connectivity index (χ0v) is 18.9. The molecule has 168 valence electrons. The summed E-state index contributed by atoms with van der Waals surface area (Å²) in [6.07, 6.45) is 3.38. The lowest BCUT2D eigenvalue weighted by molar-refractivity contribution is 0.177. The summed E-state index contributed by atoms with van der Waals surface area (Å²) in [6.45, 7) is 0.372. The molecular weight excluding hydrogens is 418 g/mol. The second-order valence-electron chi connectivity index (χ2n) is 8.49. The number of rotatable bonds is 6. The monoisotopic (exact) mass is 445 g/mol. The first-order chi connectivity index (χ1) is 16.7. The van der Waals surface area contributed by atoms with Crippen molar-refractivity contribution in [2.75, 3.05) is 11.4 Å². The Morgan fingerprint density at radius 2 is 1.32 bits per heavy atom. The number of aliphatic hydroxyl groups excluding tert-OH is 2. The minimum Gasteiger partial charge on any atom is -0.510 e. The van der Waals surface area contributed by atoms with Crippen LogP contribution in [0.4, 0.5) is 5.69 Å². The summed E-state index contributed by atoms with van der Waals surface area (Å²) < 4.78 is 0. The maximum absolute atomic E-state index is 11.3. The molecule has 1 unspecified atom stereocenters. The third-order valence-electron chi connectivity index (χ3n) is 6.21. The van der Waals surface area contributed by atoms with Crippen molar-refractivity contribution in [1.82, 2.24) is 0 Å². The number of anilines is 1. The van der Waals surface area contributed by atoms with Crippen molar-refractivity contribution in [3.05, 3.63) is 138 Å². The van der Waals surface area contributed by atoms with Crippen LogP contribution in [0.25, 0.3) is 22.3 Å². The number of benzene rings is 4. The summed E-state index contributed by atoms with van der Waals surface area (Å²) in [4.78, 5) is 2.08. The van der Waals surface area contributed by atoms with Gasteiger partial charge < -0.3 is 15.1 Å². The van der Waals surface area contributed by atoms with Crippen LogP contribution in [0.2, 0.25) is 0 Å². The molecule has 1 atom stereocenters. The van der Waals surface area contributed by atoms with E-state index in [1.165, 1.54) is 0 Å². The third kappa shape index (κ3) is 4.66. The van der Waals surface area contributed by atoms with Gasteiger partial charge in [0.2, 0.25) is 0 Å². The zero-order chi connectivity index (χ0) is 23.3. The molecule has 4 aromatic rings. The van der Waals surface area contributed by atoms with Gasteiger partial charge in [-0.05, 0) is 52.1 Å². The smallest absolute Gasteiger partial charge is 0.112 e. The van der Waals surface area contributed by atoms with Crippen molar-refractivity contribution in [2.24, 2.45) is 0 Å². The van der Waals surface area contributed by atoms with Gasteiger partial charge in [-0.3, -0.25) is 0 Å². The van der Waals surface area contributed by atoms with Gasteiger partial charge >= 0.3 is 0 Å². The fourth-order valence-corrected chi connectivity index (χ4v) is 4.49. The predicted molar refractivity (Wildman–Crippen MR) is 139 cm³/mol. The predicted octanol–water partition coefficient (Wildman–Crippen LogP) is 7.29. The topological polar surface area (TPSA) is 43.7 Å². The molecule has 0 fully saturated rings. The Bertz CT molecular complexity index is 1330. The lowest BCUT2D eigenvalue weighted by atomic mass is 9.93. The number of allylic oxidation sites excluding steroid dienone is 2. The molecule has 5 rings (SSSR count). The Morgan fingerprint density at radius 1 is 0.676 bits per heavy atom. The minimum atomic E-state index is -0.684. The van der Waals surface area contributed by atoms with Crippen molar-refractivity contribution in [3.8, 4) is 22.3 Å². The first kappa shape index (κ1) is 21.7. The van der Waals surface area contributed by atoms with E-state index in [9.17, 15) is 10.2 Å². The molecule has 4 aromatic carbocycles. The maximum Gasteiger partial charge on any atom is 0.112 e. The van der Waals surface area contributed by atoms with E-state index in [1.54, 1.807) is 6.08 Å². The number of hydrogen-bond acceptors (Lipinski definition) is 3. The highest BCUT2D eigenvalue weighted by molar-refractivity contribution is 5.71. The van der Waals surface area contributed by atoms with E-state index >= 15 is 0 Å². The van der Waals surface area contributed by atoms with Crippen LogP contribution >= 0.6 is 0 Å². The van der Waals surface area contributed by atoms with Crippen LogP contribution in [0.5, 0.6) is 0 Å². The van der Waals surface area contributed by atoms with Crippen LogP contribution in [0, 0.1) is 0 Å². The molecule has 0 radical (unpaired) electrons. The largest absolute Gasteiger partial charge is 0.510 e. The van der Waals surface area contributed by atoms with Gasteiger partial charge in [-0.25, -0.2) is 0 Å². The van der Waals surface area contributed by atoms with Gasteiger partial charge in [-0.1, -0.05) is 97.1 Å². The molecule has 3 heteroatoms. The molecule has 2 N–H and O–H groups in total. The zero-order valence-electron chi connectivity index (χ0n) is 18.9. The molecule has 0 saturated heterocycles. The minimum absolute atomic E-state index is 0.299. The normalized spacial score (nSPS) is 14.3. The summed E-state index contributed by atoms with van der Waals surface area (Å²) >= 11 is 0. The van der Waals surface area contributed by atoms with Gasteiger partial charge in [-0.15, -0.1) is 0 Å². The van der Waals surface area contributed by atoms with Crippen LogP contribution < -0.4 is 4.90 Å².